The molecule has 0 fully saturated rings. The Labute approximate surface area is 84.7 Å². The molecule has 0 aliphatic heterocycles. The molecule has 80 valence electrons. The summed E-state index contributed by atoms with van der Waals surface area (Å²) in [5.41, 5.74) is 0. The monoisotopic (exact) mass is 202 g/mol. The van der Waals surface area contributed by atoms with Crippen LogP contribution in [0.1, 0.15) is 39.5 Å². The van der Waals surface area contributed by atoms with Crippen LogP contribution in [0.4, 0.5) is 0 Å². The molecule has 3 heteroatoms. The highest BCUT2D eigenvalue weighted by Gasteiger charge is 2.18. The van der Waals surface area contributed by atoms with E-state index in [9.17, 15) is 0 Å². The molecule has 0 spiro atoms. The lowest BCUT2D eigenvalue weighted by Crippen LogP contribution is -2.58. The van der Waals surface area contributed by atoms with Crippen molar-refractivity contribution in [2.45, 2.75) is 52.6 Å². The van der Waals surface area contributed by atoms with Crippen LogP contribution in [0, 0.1) is 0 Å². The summed E-state index contributed by atoms with van der Waals surface area (Å²) in [6, 6.07) is 0. The van der Waals surface area contributed by atoms with Gasteiger partial charge in [-0.25, -0.2) is 0 Å². The van der Waals surface area contributed by atoms with Crippen molar-refractivity contribution in [3.63, 3.8) is 0 Å². The van der Waals surface area contributed by atoms with E-state index in [-0.39, 0.29) is 0 Å². The molecule has 0 amide bonds. The van der Waals surface area contributed by atoms with E-state index in [1.165, 1.54) is 38.8 Å². The summed E-state index contributed by atoms with van der Waals surface area (Å²) < 4.78 is 0. The molecule has 0 aromatic rings. The van der Waals surface area contributed by atoms with E-state index in [0.717, 1.165) is 0 Å². The molecule has 0 atom stereocenters. The van der Waals surface area contributed by atoms with Gasteiger partial charge < -0.3 is 9.96 Å². The molecule has 0 aromatic heterocycles. The second kappa shape index (κ2) is 7.53. The Balaban J connectivity index is 3.42. The molecule has 0 radical (unpaired) electrons. The van der Waals surface area contributed by atoms with Crippen LogP contribution >= 0.6 is 0 Å². The molecule has 0 bridgehead atoms. The average Bonchev–Trinajstić information content (AvgIpc) is 2.05. The normalized spacial score (nSPS) is 12.0. The van der Waals surface area contributed by atoms with Gasteiger partial charge in [0.2, 0.25) is 0 Å². The summed E-state index contributed by atoms with van der Waals surface area (Å²) in [5.74, 6) is 0. The summed E-state index contributed by atoms with van der Waals surface area (Å²) in [7, 11) is -1.28. The number of hydrogen-bond donors (Lipinski definition) is 2. The van der Waals surface area contributed by atoms with E-state index >= 15 is 0 Å². The molecule has 0 aliphatic rings. The molecule has 0 aromatic carbocycles. The summed E-state index contributed by atoms with van der Waals surface area (Å²) in [4.78, 5) is 7.29. The fourth-order valence-electron chi connectivity index (χ4n) is 1.22. The minimum atomic E-state index is -1.28. The van der Waals surface area contributed by atoms with Gasteiger partial charge in [0.15, 0.2) is 8.40 Å². The summed E-state index contributed by atoms with van der Waals surface area (Å²) >= 11 is 0. The van der Waals surface area contributed by atoms with Gasteiger partial charge in [-0.05, 0) is 39.0 Å². The van der Waals surface area contributed by atoms with E-state index in [0.29, 0.717) is 0 Å². The summed E-state index contributed by atoms with van der Waals surface area (Å²) in [6.07, 6.45) is 5.16. The van der Waals surface area contributed by atoms with Gasteiger partial charge in [-0.3, -0.25) is 0 Å². The minimum Gasteiger partial charge on any atom is -0.326 e. The third-order valence-corrected chi connectivity index (χ3v) is 4.46. The molecule has 13 heavy (non-hydrogen) atoms. The molecule has 2 nitrogen and oxygen atoms in total. The molecule has 0 saturated carbocycles. The molecule has 0 aliphatic carbocycles. The topological polar surface area (TPSA) is 24.1 Å². The molecule has 2 N–H and O–H groups in total. The number of nitrogens with one attached hydrogen (secondary N) is 2. The van der Waals surface area contributed by atoms with E-state index in [1.54, 1.807) is 0 Å². The zero-order valence-corrected chi connectivity index (χ0v) is 10.7. The maximum absolute atomic E-state index is 3.65. The number of rotatable bonds is 8. The van der Waals surface area contributed by atoms with Crippen molar-refractivity contribution < 1.29 is 0 Å². The molecule has 0 saturated heterocycles. The number of hydrogen-bond acceptors (Lipinski definition) is 2. The van der Waals surface area contributed by atoms with Gasteiger partial charge in [0, 0.05) is 0 Å². The van der Waals surface area contributed by atoms with Gasteiger partial charge in [0.1, 0.15) is 0 Å². The van der Waals surface area contributed by atoms with Crippen LogP contribution in [-0.4, -0.2) is 21.5 Å². The second-order valence-electron chi connectivity index (χ2n) is 4.19. The van der Waals surface area contributed by atoms with Gasteiger partial charge in [-0.2, -0.15) is 0 Å². The van der Waals surface area contributed by atoms with Gasteiger partial charge in [-0.15, -0.1) is 0 Å². The van der Waals surface area contributed by atoms with Gasteiger partial charge in [0.05, 0.1) is 0 Å². The van der Waals surface area contributed by atoms with E-state index in [2.05, 4.69) is 36.9 Å². The molecule has 0 heterocycles. The van der Waals surface area contributed by atoms with Crippen LogP contribution in [0.5, 0.6) is 0 Å². The molecule has 0 unspecified atom stereocenters. The first-order valence-corrected chi connectivity index (χ1v) is 8.62. The maximum atomic E-state index is 3.65. The van der Waals surface area contributed by atoms with Crippen LogP contribution in [0.25, 0.3) is 0 Å². The zero-order valence-electron chi connectivity index (χ0n) is 9.74. The molecular weight excluding hydrogens is 176 g/mol. The minimum absolute atomic E-state index is 1.18. The van der Waals surface area contributed by atoms with Crippen molar-refractivity contribution in [3.8, 4) is 0 Å². The predicted molar refractivity (Wildman–Crippen MR) is 63.3 cm³/mol. The van der Waals surface area contributed by atoms with Crippen molar-refractivity contribution in [2.75, 3.05) is 13.1 Å². The lowest BCUT2D eigenvalue weighted by molar-refractivity contribution is 0.709. The fourth-order valence-corrected chi connectivity index (χ4v) is 2.95. The van der Waals surface area contributed by atoms with E-state index < -0.39 is 8.40 Å². The second-order valence-corrected chi connectivity index (χ2v) is 8.14. The lowest BCUT2D eigenvalue weighted by atomic mass is 10.3. The van der Waals surface area contributed by atoms with Crippen molar-refractivity contribution in [3.05, 3.63) is 0 Å². The largest absolute Gasteiger partial charge is 0.326 e. The third-order valence-electron chi connectivity index (χ3n) is 2.19. The maximum Gasteiger partial charge on any atom is 0.195 e. The van der Waals surface area contributed by atoms with E-state index in [1.807, 2.05) is 0 Å². The van der Waals surface area contributed by atoms with Crippen molar-refractivity contribution in [1.82, 2.24) is 9.96 Å². The van der Waals surface area contributed by atoms with E-state index in [4.69, 9.17) is 0 Å². The Morgan fingerprint density at radius 3 is 1.54 bits per heavy atom. The van der Waals surface area contributed by atoms with Crippen LogP contribution in [0.2, 0.25) is 13.1 Å². The zero-order chi connectivity index (χ0) is 10.2. The van der Waals surface area contributed by atoms with Crippen LogP contribution in [0.3, 0.4) is 0 Å². The quantitative estimate of drug-likeness (QED) is 0.467. The van der Waals surface area contributed by atoms with Crippen LogP contribution in [0.15, 0.2) is 0 Å². The first kappa shape index (κ1) is 13.1. The first-order chi connectivity index (χ1) is 6.12. The summed E-state index contributed by atoms with van der Waals surface area (Å²) in [5, 5.41) is 0. The first-order valence-electron chi connectivity index (χ1n) is 5.62. The number of unbranched alkanes of at least 4 members (excludes halogenated alkanes) is 2. The SMILES string of the molecule is CCCCN[Si](C)(C)NCCCC. The third kappa shape index (κ3) is 8.47. The Hall–Kier alpha value is 0.137. The average molecular weight is 202 g/mol. The Morgan fingerprint density at radius 2 is 1.23 bits per heavy atom. The lowest BCUT2D eigenvalue weighted by Gasteiger charge is -2.25. The fraction of sp³-hybridized carbons (Fsp3) is 1.00. The molecular formula is C10H26N2Si. The Morgan fingerprint density at radius 1 is 0.846 bits per heavy atom. The highest BCUT2D eigenvalue weighted by molar-refractivity contribution is 6.72. The van der Waals surface area contributed by atoms with Gasteiger partial charge in [0.25, 0.3) is 0 Å². The smallest absolute Gasteiger partial charge is 0.195 e. The van der Waals surface area contributed by atoms with Crippen molar-refractivity contribution >= 4 is 8.40 Å². The standard InChI is InChI=1S/C10H26N2Si/c1-5-7-9-11-13(3,4)12-10-8-6-2/h11-12H,5-10H2,1-4H3. The van der Waals surface area contributed by atoms with Crippen molar-refractivity contribution in [1.29, 1.82) is 0 Å². The molecule has 0 rings (SSSR count). The van der Waals surface area contributed by atoms with Crippen LogP contribution in [-0.2, 0) is 0 Å². The Kier molecular flexibility index (Phi) is 7.61. The Bertz CT molecular complexity index is 103. The predicted octanol–water partition coefficient (Wildman–Crippen LogP) is 2.47. The highest BCUT2D eigenvalue weighted by atomic mass is 28.3. The van der Waals surface area contributed by atoms with Crippen molar-refractivity contribution in [2.24, 2.45) is 0 Å². The van der Waals surface area contributed by atoms with Crippen LogP contribution < -0.4 is 9.96 Å². The highest BCUT2D eigenvalue weighted by Crippen LogP contribution is 1.94. The summed E-state index contributed by atoms with van der Waals surface area (Å²) in [6.45, 7) is 11.5. The van der Waals surface area contributed by atoms with Gasteiger partial charge >= 0.3 is 0 Å². The van der Waals surface area contributed by atoms with Gasteiger partial charge in [-0.1, -0.05) is 26.7 Å².